The van der Waals surface area contributed by atoms with Crippen molar-refractivity contribution in [2.75, 3.05) is 46.0 Å². The summed E-state index contributed by atoms with van der Waals surface area (Å²) >= 11 is 8.06. The Morgan fingerprint density at radius 1 is 1.03 bits per heavy atom. The summed E-state index contributed by atoms with van der Waals surface area (Å²) < 4.78 is 17.3. The lowest BCUT2D eigenvalue weighted by atomic mass is 10.2. The number of halogens is 1. The van der Waals surface area contributed by atoms with Crippen molar-refractivity contribution in [1.29, 1.82) is 0 Å². The molecule has 180 valence electrons. The molecule has 2 amide bonds. The van der Waals surface area contributed by atoms with E-state index in [1.165, 1.54) is 11.8 Å². The highest BCUT2D eigenvalue weighted by atomic mass is 35.5. The van der Waals surface area contributed by atoms with Gasteiger partial charge in [-0.1, -0.05) is 29.4 Å². The van der Waals surface area contributed by atoms with E-state index >= 15 is 0 Å². The Bertz CT molecular complexity index is 1100. The van der Waals surface area contributed by atoms with Gasteiger partial charge in [0.25, 0.3) is 0 Å². The van der Waals surface area contributed by atoms with Crippen LogP contribution in [0, 0.1) is 0 Å². The molecule has 34 heavy (non-hydrogen) atoms. The van der Waals surface area contributed by atoms with Crippen molar-refractivity contribution in [2.45, 2.75) is 23.6 Å². The van der Waals surface area contributed by atoms with Crippen molar-refractivity contribution in [2.24, 2.45) is 0 Å². The number of nitrogens with zero attached hydrogens (tertiary/aromatic N) is 2. The fourth-order valence-corrected chi connectivity index (χ4v) is 4.99. The molecule has 2 aliphatic rings. The summed E-state index contributed by atoms with van der Waals surface area (Å²) in [4.78, 5) is 29.2. The van der Waals surface area contributed by atoms with Crippen LogP contribution in [-0.2, 0) is 9.59 Å². The quantitative estimate of drug-likeness (QED) is 0.546. The molecule has 4 rings (SSSR count). The van der Waals surface area contributed by atoms with Crippen LogP contribution in [0.3, 0.4) is 0 Å². The monoisotopic (exact) mass is 502 g/mol. The Labute approximate surface area is 208 Å². The van der Waals surface area contributed by atoms with Gasteiger partial charge in [-0.3, -0.25) is 9.59 Å². The van der Waals surface area contributed by atoms with Crippen LogP contribution in [0.5, 0.6) is 17.2 Å². The van der Waals surface area contributed by atoms with Crippen molar-refractivity contribution < 1.29 is 23.8 Å². The first kappa shape index (κ1) is 24.3. The van der Waals surface area contributed by atoms with Gasteiger partial charge in [0.05, 0.1) is 16.5 Å². The van der Waals surface area contributed by atoms with Gasteiger partial charge in [-0.05, 0) is 42.8 Å². The summed E-state index contributed by atoms with van der Waals surface area (Å²) in [6, 6.07) is 9.50. The zero-order valence-electron chi connectivity index (χ0n) is 19.2. The number of benzene rings is 2. The third-order valence-electron chi connectivity index (χ3n) is 5.55. The fourth-order valence-electron chi connectivity index (χ4n) is 3.77. The first-order valence-electron chi connectivity index (χ1n) is 11.2. The predicted molar refractivity (Wildman–Crippen MR) is 132 cm³/mol. The summed E-state index contributed by atoms with van der Waals surface area (Å²) in [6.07, 6.45) is 3.31. The normalized spacial score (nSPS) is 15.5. The number of hydrogen-bond acceptors (Lipinski definition) is 6. The van der Waals surface area contributed by atoms with E-state index in [2.05, 4.69) is 0 Å². The summed E-state index contributed by atoms with van der Waals surface area (Å²) in [5.41, 5.74) is 0.832. The zero-order chi connectivity index (χ0) is 24.1. The summed E-state index contributed by atoms with van der Waals surface area (Å²) in [7, 11) is 0. The molecule has 9 heteroatoms. The van der Waals surface area contributed by atoms with Crippen LogP contribution < -0.4 is 14.2 Å². The lowest BCUT2D eigenvalue weighted by Crippen LogP contribution is -2.49. The minimum Gasteiger partial charge on any atom is -0.490 e. The largest absolute Gasteiger partial charge is 0.490 e. The molecule has 0 radical (unpaired) electrons. The SMILES string of the molecule is CCOc1ccc(Sc2ccc(/C=C/C(=O)N3CCN(C(C)=O)CC3)cc2Cl)c2c1OCCO2. The number of amides is 2. The third-order valence-corrected chi connectivity index (χ3v) is 7.09. The maximum absolute atomic E-state index is 12.5. The van der Waals surface area contributed by atoms with E-state index in [1.807, 2.05) is 37.3 Å². The molecule has 7 nitrogen and oxygen atoms in total. The number of carbonyl (C=O) groups excluding carboxylic acids is 2. The fraction of sp³-hybridized carbons (Fsp3) is 0.360. The second kappa shape index (κ2) is 11.1. The molecule has 1 fully saturated rings. The van der Waals surface area contributed by atoms with Crippen molar-refractivity contribution in [3.63, 3.8) is 0 Å². The molecular formula is C25H27ClN2O5S. The predicted octanol–water partition coefficient (Wildman–Crippen LogP) is 4.37. The number of rotatable bonds is 6. The highest BCUT2D eigenvalue weighted by Crippen LogP contribution is 2.48. The minimum atomic E-state index is -0.0732. The van der Waals surface area contributed by atoms with Crippen LogP contribution in [0.2, 0.25) is 5.02 Å². The van der Waals surface area contributed by atoms with Gasteiger partial charge in [-0.2, -0.15) is 0 Å². The first-order chi connectivity index (χ1) is 16.5. The standard InChI is InChI=1S/C25H27ClN2O5S/c1-3-31-20-6-8-22(25-24(20)32-14-15-33-25)34-21-7-4-18(16-19(21)26)5-9-23(30)28-12-10-27(11-13-28)17(2)29/h4-9,16H,3,10-15H2,1-2H3/b9-5+. The minimum absolute atomic E-state index is 0.0417. The maximum atomic E-state index is 12.5. The van der Waals surface area contributed by atoms with Crippen LogP contribution in [-0.4, -0.2) is 67.6 Å². The molecule has 0 aromatic heterocycles. The van der Waals surface area contributed by atoms with E-state index in [1.54, 1.807) is 28.9 Å². The van der Waals surface area contributed by atoms with Crippen LogP contribution >= 0.6 is 23.4 Å². The van der Waals surface area contributed by atoms with Gasteiger partial charge in [-0.15, -0.1) is 0 Å². The second-order valence-electron chi connectivity index (χ2n) is 7.81. The van der Waals surface area contributed by atoms with Crippen LogP contribution in [0.15, 0.2) is 46.2 Å². The molecule has 2 aliphatic heterocycles. The van der Waals surface area contributed by atoms with E-state index in [9.17, 15) is 9.59 Å². The molecular weight excluding hydrogens is 476 g/mol. The van der Waals surface area contributed by atoms with Crippen molar-refractivity contribution in [3.8, 4) is 17.2 Å². The Kier molecular flexibility index (Phi) is 7.90. The van der Waals surface area contributed by atoms with Gasteiger partial charge < -0.3 is 24.0 Å². The summed E-state index contributed by atoms with van der Waals surface area (Å²) in [5, 5.41) is 0.578. The molecule has 2 heterocycles. The summed E-state index contributed by atoms with van der Waals surface area (Å²) in [5.74, 6) is 1.92. The lowest BCUT2D eigenvalue weighted by molar-refractivity contribution is -0.135. The van der Waals surface area contributed by atoms with Crippen molar-refractivity contribution in [1.82, 2.24) is 9.80 Å². The van der Waals surface area contributed by atoms with Crippen molar-refractivity contribution >= 4 is 41.3 Å². The Morgan fingerprint density at radius 2 is 1.71 bits per heavy atom. The summed E-state index contributed by atoms with van der Waals surface area (Å²) in [6.45, 7) is 7.19. The Hall–Kier alpha value is -2.84. The first-order valence-corrected chi connectivity index (χ1v) is 12.4. The molecule has 0 bridgehead atoms. The molecule has 0 N–H and O–H groups in total. The Morgan fingerprint density at radius 3 is 2.38 bits per heavy atom. The van der Waals surface area contributed by atoms with Gasteiger partial charge in [0, 0.05) is 44.1 Å². The molecule has 0 spiro atoms. The molecule has 1 saturated heterocycles. The van der Waals surface area contributed by atoms with E-state index in [4.69, 9.17) is 25.8 Å². The highest BCUT2D eigenvalue weighted by Gasteiger charge is 2.23. The maximum Gasteiger partial charge on any atom is 0.246 e. The molecule has 0 atom stereocenters. The lowest BCUT2D eigenvalue weighted by Gasteiger charge is -2.33. The van der Waals surface area contributed by atoms with E-state index < -0.39 is 0 Å². The zero-order valence-corrected chi connectivity index (χ0v) is 20.8. The molecule has 0 unspecified atom stereocenters. The third kappa shape index (κ3) is 5.62. The highest BCUT2D eigenvalue weighted by molar-refractivity contribution is 7.99. The molecule has 0 aliphatic carbocycles. The molecule has 2 aromatic rings. The number of fused-ring (bicyclic) bond motifs is 1. The van der Waals surface area contributed by atoms with E-state index in [-0.39, 0.29) is 11.8 Å². The second-order valence-corrected chi connectivity index (χ2v) is 9.30. The number of piperazine rings is 1. The van der Waals surface area contributed by atoms with Gasteiger partial charge >= 0.3 is 0 Å². The van der Waals surface area contributed by atoms with Gasteiger partial charge in [-0.25, -0.2) is 0 Å². The molecule has 0 saturated carbocycles. The van der Waals surface area contributed by atoms with Gasteiger partial charge in [0.2, 0.25) is 17.6 Å². The average molecular weight is 503 g/mol. The van der Waals surface area contributed by atoms with Gasteiger partial charge in [0.1, 0.15) is 13.2 Å². The number of hydrogen-bond donors (Lipinski definition) is 0. The number of carbonyl (C=O) groups is 2. The van der Waals surface area contributed by atoms with Crippen LogP contribution in [0.1, 0.15) is 19.4 Å². The van der Waals surface area contributed by atoms with Crippen LogP contribution in [0.4, 0.5) is 0 Å². The topological polar surface area (TPSA) is 68.3 Å². The van der Waals surface area contributed by atoms with E-state index in [0.29, 0.717) is 68.3 Å². The molecule has 2 aromatic carbocycles. The smallest absolute Gasteiger partial charge is 0.246 e. The number of ether oxygens (including phenoxy) is 3. The van der Waals surface area contributed by atoms with Crippen LogP contribution in [0.25, 0.3) is 6.08 Å². The van der Waals surface area contributed by atoms with E-state index in [0.717, 1.165) is 15.4 Å². The average Bonchev–Trinajstić information content (AvgIpc) is 2.85. The van der Waals surface area contributed by atoms with Gasteiger partial charge in [0.15, 0.2) is 11.5 Å². The Balaban J connectivity index is 1.43. The van der Waals surface area contributed by atoms with Crippen molar-refractivity contribution in [3.05, 3.63) is 47.0 Å².